The van der Waals surface area contributed by atoms with E-state index in [2.05, 4.69) is 4.98 Å². The van der Waals surface area contributed by atoms with Crippen LogP contribution < -0.4 is 4.74 Å². The van der Waals surface area contributed by atoms with Gasteiger partial charge in [-0.05, 0) is 6.92 Å². The van der Waals surface area contributed by atoms with Gasteiger partial charge in [0.15, 0.2) is 0 Å². The second-order valence-corrected chi connectivity index (χ2v) is 8.04. The van der Waals surface area contributed by atoms with Crippen molar-refractivity contribution in [3.63, 3.8) is 0 Å². The predicted octanol–water partition coefficient (Wildman–Crippen LogP) is 3.08. The summed E-state index contributed by atoms with van der Waals surface area (Å²) in [6.07, 6.45) is 1.47. The Morgan fingerprint density at radius 3 is 2.54 bits per heavy atom. The maximum Gasteiger partial charge on any atom is 0.375 e. The zero-order valence-corrected chi connectivity index (χ0v) is 15.5. The zero-order valence-electron chi connectivity index (χ0n) is 14.6. The molecule has 2 rings (SSSR count). The average molecular weight is 359 g/mol. The number of aromatic nitrogens is 1. The number of hydrogen-bond donors (Lipinski definition) is 0. The zero-order chi connectivity index (χ0) is 18.1. The fourth-order valence-corrected chi connectivity index (χ4v) is 3.77. The third kappa shape index (κ3) is 3.62. The third-order valence-corrected chi connectivity index (χ3v) is 5.58. The van der Waals surface area contributed by atoms with Gasteiger partial charge in [-0.15, -0.1) is 0 Å². The van der Waals surface area contributed by atoms with E-state index >= 15 is 0 Å². The Labute approximate surface area is 140 Å². The molecule has 134 valence electrons. The van der Waals surface area contributed by atoms with Crippen LogP contribution in [0.25, 0.3) is 0 Å². The molecule has 1 aromatic rings. The van der Waals surface area contributed by atoms with Gasteiger partial charge in [-0.2, -0.15) is 0 Å². The normalized spacial score (nSPS) is 17.6. The Bertz CT molecular complexity index is 681. The maximum atomic E-state index is 12.9. The Morgan fingerprint density at radius 1 is 1.38 bits per heavy atom. The molecule has 0 bridgehead atoms. The van der Waals surface area contributed by atoms with Crippen LogP contribution in [-0.2, 0) is 34.5 Å². The molecule has 0 N–H and O–H groups in total. The van der Waals surface area contributed by atoms with Gasteiger partial charge in [-0.1, -0.05) is 0 Å². The first-order valence-corrected chi connectivity index (χ1v) is 8.94. The van der Waals surface area contributed by atoms with Crippen LogP contribution in [0.4, 0.5) is 0 Å². The fraction of sp³-hybridized carbons (Fsp3) is 0.600. The van der Waals surface area contributed by atoms with E-state index in [-0.39, 0.29) is 6.61 Å². The number of carbonyl (C=O) groups excluding carboxylic acids is 1. The molecule has 1 unspecified atom stereocenters. The van der Waals surface area contributed by atoms with Gasteiger partial charge in [-0.3, -0.25) is 14.3 Å². The molecule has 1 aromatic heterocycles. The van der Waals surface area contributed by atoms with Gasteiger partial charge in [-0.25, -0.2) is 0 Å². The Balaban J connectivity index is 2.60. The van der Waals surface area contributed by atoms with Crippen LogP contribution in [0.2, 0.25) is 0 Å². The molecule has 2 heterocycles. The van der Waals surface area contributed by atoms with E-state index in [0.29, 0.717) is 22.6 Å². The van der Waals surface area contributed by atoms with Crippen molar-refractivity contribution in [2.75, 3.05) is 14.2 Å². The van der Waals surface area contributed by atoms with Gasteiger partial charge in [0.1, 0.15) is 5.75 Å². The summed E-state index contributed by atoms with van der Waals surface area (Å²) < 4.78 is 39.6. The summed E-state index contributed by atoms with van der Waals surface area (Å²) in [4.78, 5) is 15.8. The highest BCUT2D eigenvalue weighted by atomic mass is 31.2. The minimum Gasteiger partial charge on any atom is -0.461 e. The first-order valence-electron chi connectivity index (χ1n) is 7.33. The molecular weight excluding hydrogens is 337 g/mol. The van der Waals surface area contributed by atoms with E-state index in [1.54, 1.807) is 20.8 Å². The van der Waals surface area contributed by atoms with Crippen molar-refractivity contribution in [1.82, 2.24) is 4.98 Å². The van der Waals surface area contributed by atoms with Gasteiger partial charge in [0, 0.05) is 52.3 Å². The number of fused-ring (bicyclic) bond motifs is 1. The van der Waals surface area contributed by atoms with Crippen LogP contribution in [0.3, 0.4) is 0 Å². The van der Waals surface area contributed by atoms with E-state index in [1.165, 1.54) is 27.3 Å². The molecule has 0 spiro atoms. The molecular formula is C15H22NO7P. The molecule has 0 fully saturated rings. The molecule has 0 aliphatic carbocycles. The molecule has 0 radical (unpaired) electrons. The lowest BCUT2D eigenvalue weighted by atomic mass is 10.1. The van der Waals surface area contributed by atoms with E-state index < -0.39 is 25.2 Å². The number of ether oxygens (including phenoxy) is 3. The molecule has 0 aromatic carbocycles. The second kappa shape index (κ2) is 6.80. The molecule has 0 saturated carbocycles. The minimum absolute atomic E-state index is 0.187. The number of aryl methyl sites for hydroxylation is 1. The fourth-order valence-electron chi connectivity index (χ4n) is 2.39. The first-order chi connectivity index (χ1) is 11.1. The van der Waals surface area contributed by atoms with Crippen LogP contribution in [0, 0.1) is 6.92 Å². The molecule has 1 aliphatic heterocycles. The SMILES string of the molecule is COP(=O)(OC)C(OC(C)=O)c1cnc(C)c2c1COC(C)(C)O2. The summed E-state index contributed by atoms with van der Waals surface area (Å²) in [5, 5.41) is 0. The van der Waals surface area contributed by atoms with Gasteiger partial charge in [0.2, 0.25) is 11.6 Å². The third-order valence-electron chi connectivity index (χ3n) is 3.60. The van der Waals surface area contributed by atoms with E-state index in [9.17, 15) is 9.36 Å². The Hall–Kier alpha value is -1.47. The number of nitrogens with zero attached hydrogens (tertiary/aromatic N) is 1. The van der Waals surface area contributed by atoms with Crippen LogP contribution in [0.5, 0.6) is 5.75 Å². The number of hydrogen-bond acceptors (Lipinski definition) is 8. The van der Waals surface area contributed by atoms with Crippen molar-refractivity contribution in [2.45, 2.75) is 45.9 Å². The van der Waals surface area contributed by atoms with E-state index in [4.69, 9.17) is 23.3 Å². The number of pyridine rings is 1. The standard InChI is InChI=1S/C15H22NO7P/c1-9-13-12(8-21-15(3,4)23-13)11(7-16-9)14(22-10(2)17)24(18,19-5)20-6/h7,14H,8H2,1-6H3. The van der Waals surface area contributed by atoms with E-state index in [1.807, 2.05) is 0 Å². The highest BCUT2D eigenvalue weighted by Gasteiger charge is 2.42. The predicted molar refractivity (Wildman–Crippen MR) is 84.6 cm³/mol. The highest BCUT2D eigenvalue weighted by Crippen LogP contribution is 2.61. The lowest BCUT2D eigenvalue weighted by Crippen LogP contribution is -2.36. The summed E-state index contributed by atoms with van der Waals surface area (Å²) in [6.45, 7) is 6.75. The molecule has 24 heavy (non-hydrogen) atoms. The molecule has 0 amide bonds. The van der Waals surface area contributed by atoms with Crippen molar-refractivity contribution in [1.29, 1.82) is 0 Å². The number of rotatable bonds is 5. The summed E-state index contributed by atoms with van der Waals surface area (Å²) in [7, 11) is -1.30. The Morgan fingerprint density at radius 2 is 2.00 bits per heavy atom. The monoisotopic (exact) mass is 359 g/mol. The molecule has 1 atom stereocenters. The quantitative estimate of drug-likeness (QED) is 0.585. The van der Waals surface area contributed by atoms with Crippen molar-refractivity contribution >= 4 is 13.6 Å². The first kappa shape index (κ1) is 18.9. The van der Waals surface area contributed by atoms with Gasteiger partial charge in [0.25, 0.3) is 0 Å². The minimum atomic E-state index is -3.75. The molecule has 1 aliphatic rings. The average Bonchev–Trinajstić information content (AvgIpc) is 2.52. The van der Waals surface area contributed by atoms with Crippen LogP contribution >= 0.6 is 7.60 Å². The van der Waals surface area contributed by atoms with Crippen LogP contribution in [-0.4, -0.2) is 31.0 Å². The lowest BCUT2D eigenvalue weighted by molar-refractivity contribution is -0.181. The van der Waals surface area contributed by atoms with Gasteiger partial charge >= 0.3 is 13.6 Å². The summed E-state index contributed by atoms with van der Waals surface area (Å²) in [5.74, 6) is -2.19. The molecule has 0 saturated heterocycles. The van der Waals surface area contributed by atoms with Crippen molar-refractivity contribution < 1.29 is 32.6 Å². The number of carbonyl (C=O) groups is 1. The summed E-state index contributed by atoms with van der Waals surface area (Å²) in [6, 6.07) is 0. The van der Waals surface area contributed by atoms with Gasteiger partial charge in [0.05, 0.1) is 12.3 Å². The van der Waals surface area contributed by atoms with Crippen LogP contribution in [0.15, 0.2) is 6.20 Å². The van der Waals surface area contributed by atoms with E-state index in [0.717, 1.165) is 0 Å². The second-order valence-electron chi connectivity index (χ2n) is 5.76. The lowest BCUT2D eigenvalue weighted by Gasteiger charge is -2.35. The summed E-state index contributed by atoms with van der Waals surface area (Å²) >= 11 is 0. The molecule has 8 nitrogen and oxygen atoms in total. The smallest absolute Gasteiger partial charge is 0.375 e. The topological polar surface area (TPSA) is 93.2 Å². The van der Waals surface area contributed by atoms with Crippen molar-refractivity contribution in [2.24, 2.45) is 0 Å². The molecule has 9 heteroatoms. The largest absolute Gasteiger partial charge is 0.461 e. The van der Waals surface area contributed by atoms with Crippen molar-refractivity contribution in [3.05, 3.63) is 23.0 Å². The highest BCUT2D eigenvalue weighted by molar-refractivity contribution is 7.54. The van der Waals surface area contributed by atoms with Crippen LogP contribution in [0.1, 0.15) is 43.4 Å². The number of esters is 1. The summed E-state index contributed by atoms with van der Waals surface area (Å²) in [5.41, 5.74) is 1.62. The Kier molecular flexibility index (Phi) is 5.34. The van der Waals surface area contributed by atoms with Gasteiger partial charge < -0.3 is 23.3 Å². The maximum absolute atomic E-state index is 12.9. The van der Waals surface area contributed by atoms with Crippen molar-refractivity contribution in [3.8, 4) is 5.75 Å².